The number of amides is 2. The molecule has 0 bridgehead atoms. The number of nitrogens with one attached hydrogen (secondary N) is 1. The molecule has 0 spiro atoms. The lowest BCUT2D eigenvalue weighted by Crippen LogP contribution is -2.24. The summed E-state index contributed by atoms with van der Waals surface area (Å²) in [7, 11) is 0. The van der Waals surface area contributed by atoms with Gasteiger partial charge in [-0.1, -0.05) is 18.2 Å². The van der Waals surface area contributed by atoms with Crippen LogP contribution < -0.4 is 15.9 Å². The number of carbonyl (C=O) groups excluding carboxylic acids is 1. The number of ether oxygens (including phenoxy) is 1. The Morgan fingerprint density at radius 2 is 1.95 bits per heavy atom. The van der Waals surface area contributed by atoms with Crippen LogP contribution in [0.3, 0.4) is 0 Å². The highest BCUT2D eigenvalue weighted by atomic mass is 16.5. The molecule has 0 aliphatic rings. The smallest absolute Gasteiger partial charge is 0.332 e. The number of hydrazone groups is 1. The number of aryl methyl sites for hydroxylation is 2. The normalized spacial score (nSPS) is 10.6. The van der Waals surface area contributed by atoms with Gasteiger partial charge >= 0.3 is 6.03 Å². The molecule has 2 aromatic rings. The minimum atomic E-state index is -0.709. The van der Waals surface area contributed by atoms with Crippen molar-refractivity contribution in [1.82, 2.24) is 5.43 Å². The quantitative estimate of drug-likeness (QED) is 0.668. The average molecular weight is 283 g/mol. The van der Waals surface area contributed by atoms with Gasteiger partial charge in [0.2, 0.25) is 0 Å². The van der Waals surface area contributed by atoms with Crippen molar-refractivity contribution in [3.8, 4) is 11.5 Å². The second kappa shape index (κ2) is 6.56. The van der Waals surface area contributed by atoms with Crippen LogP contribution in [0, 0.1) is 13.8 Å². The van der Waals surface area contributed by atoms with Gasteiger partial charge in [0.05, 0.1) is 6.21 Å². The van der Waals surface area contributed by atoms with E-state index in [1.807, 2.05) is 49.4 Å². The molecule has 21 heavy (non-hydrogen) atoms. The molecule has 5 heteroatoms. The molecule has 0 heterocycles. The third-order valence-corrected chi connectivity index (χ3v) is 3.00. The van der Waals surface area contributed by atoms with Gasteiger partial charge in [-0.3, -0.25) is 0 Å². The number of hydrogen-bond acceptors (Lipinski definition) is 3. The highest BCUT2D eigenvalue weighted by molar-refractivity contribution is 5.84. The molecular weight excluding hydrogens is 266 g/mol. The Hall–Kier alpha value is -2.82. The SMILES string of the molecule is Cc1ccc(Oc2ccccc2C=NNC(N)=O)cc1C. The van der Waals surface area contributed by atoms with Crippen molar-refractivity contribution in [3.05, 3.63) is 59.2 Å². The molecule has 0 atom stereocenters. The molecule has 0 unspecified atom stereocenters. The van der Waals surface area contributed by atoms with Crippen LogP contribution in [-0.2, 0) is 0 Å². The third kappa shape index (κ3) is 4.07. The van der Waals surface area contributed by atoms with Crippen LogP contribution in [0.25, 0.3) is 0 Å². The van der Waals surface area contributed by atoms with Gasteiger partial charge < -0.3 is 10.5 Å². The van der Waals surface area contributed by atoms with Crippen LogP contribution in [0.2, 0.25) is 0 Å². The predicted molar refractivity (Wildman–Crippen MR) is 82.7 cm³/mol. The molecule has 2 rings (SSSR count). The van der Waals surface area contributed by atoms with E-state index in [4.69, 9.17) is 10.5 Å². The summed E-state index contributed by atoms with van der Waals surface area (Å²) in [5.41, 5.74) is 10.2. The van der Waals surface area contributed by atoms with Gasteiger partial charge in [-0.15, -0.1) is 0 Å². The van der Waals surface area contributed by atoms with E-state index in [-0.39, 0.29) is 0 Å². The van der Waals surface area contributed by atoms with Crippen LogP contribution in [0.15, 0.2) is 47.6 Å². The lowest BCUT2D eigenvalue weighted by molar-refractivity contribution is 0.249. The summed E-state index contributed by atoms with van der Waals surface area (Å²) in [6, 6.07) is 12.6. The Bertz CT molecular complexity index is 681. The Kier molecular flexibility index (Phi) is 4.56. The van der Waals surface area contributed by atoms with Crippen molar-refractivity contribution < 1.29 is 9.53 Å². The third-order valence-electron chi connectivity index (χ3n) is 3.00. The first kappa shape index (κ1) is 14.6. The maximum atomic E-state index is 10.6. The summed E-state index contributed by atoms with van der Waals surface area (Å²) in [5, 5.41) is 3.75. The van der Waals surface area contributed by atoms with Gasteiger partial charge in [0.1, 0.15) is 11.5 Å². The zero-order valence-electron chi connectivity index (χ0n) is 12.0. The van der Waals surface area contributed by atoms with Gasteiger partial charge in [-0.25, -0.2) is 10.2 Å². The standard InChI is InChI=1S/C16H17N3O2/c1-11-7-8-14(9-12(11)2)21-15-6-4-3-5-13(15)10-18-19-16(17)20/h3-10H,1-2H3,(H3,17,19,20). The number of nitrogens with two attached hydrogens (primary N) is 1. The number of benzene rings is 2. The first-order valence-electron chi connectivity index (χ1n) is 6.49. The van der Waals surface area contributed by atoms with Crippen molar-refractivity contribution in [2.45, 2.75) is 13.8 Å². The maximum Gasteiger partial charge on any atom is 0.332 e. The zero-order valence-corrected chi connectivity index (χ0v) is 12.0. The summed E-state index contributed by atoms with van der Waals surface area (Å²) >= 11 is 0. The fourth-order valence-corrected chi connectivity index (χ4v) is 1.75. The Morgan fingerprint density at radius 3 is 2.67 bits per heavy atom. The van der Waals surface area contributed by atoms with Crippen LogP contribution in [0.4, 0.5) is 4.79 Å². The molecule has 3 N–H and O–H groups in total. The predicted octanol–water partition coefficient (Wildman–Crippen LogP) is 3.10. The van der Waals surface area contributed by atoms with Crippen molar-refractivity contribution >= 4 is 12.2 Å². The Morgan fingerprint density at radius 1 is 1.19 bits per heavy atom. The fraction of sp³-hybridized carbons (Fsp3) is 0.125. The zero-order chi connectivity index (χ0) is 15.2. The molecule has 108 valence electrons. The Labute approximate surface area is 123 Å². The van der Waals surface area contributed by atoms with Crippen LogP contribution in [0.5, 0.6) is 11.5 Å². The second-order valence-electron chi connectivity index (χ2n) is 4.62. The van der Waals surface area contributed by atoms with E-state index in [0.29, 0.717) is 5.75 Å². The molecule has 0 aliphatic carbocycles. The number of urea groups is 1. The van der Waals surface area contributed by atoms with Crippen molar-refractivity contribution in [3.63, 3.8) is 0 Å². The monoisotopic (exact) mass is 283 g/mol. The van der Waals surface area contributed by atoms with Gasteiger partial charge in [0.25, 0.3) is 0 Å². The first-order chi connectivity index (χ1) is 10.1. The van der Waals surface area contributed by atoms with E-state index < -0.39 is 6.03 Å². The molecule has 0 aromatic heterocycles. The molecular formula is C16H17N3O2. The molecule has 2 aromatic carbocycles. The average Bonchev–Trinajstić information content (AvgIpc) is 2.44. The summed E-state index contributed by atoms with van der Waals surface area (Å²) in [5.74, 6) is 1.40. The van der Waals surface area contributed by atoms with E-state index in [9.17, 15) is 4.79 Å². The molecule has 2 amide bonds. The van der Waals surface area contributed by atoms with E-state index in [1.54, 1.807) is 0 Å². The lowest BCUT2D eigenvalue weighted by atomic mass is 10.1. The summed E-state index contributed by atoms with van der Waals surface area (Å²) in [6.07, 6.45) is 1.49. The van der Waals surface area contributed by atoms with Gasteiger partial charge in [0, 0.05) is 5.56 Å². The highest BCUT2D eigenvalue weighted by Gasteiger charge is 2.03. The van der Waals surface area contributed by atoms with E-state index in [2.05, 4.69) is 17.5 Å². The second-order valence-corrected chi connectivity index (χ2v) is 4.62. The molecule has 0 radical (unpaired) electrons. The van der Waals surface area contributed by atoms with E-state index in [0.717, 1.165) is 16.9 Å². The number of nitrogens with zero attached hydrogens (tertiary/aromatic N) is 1. The van der Waals surface area contributed by atoms with Crippen molar-refractivity contribution in [1.29, 1.82) is 0 Å². The van der Waals surface area contributed by atoms with Gasteiger partial charge in [-0.2, -0.15) is 5.10 Å². The minimum Gasteiger partial charge on any atom is -0.457 e. The topological polar surface area (TPSA) is 76.7 Å². The molecule has 0 saturated carbocycles. The van der Waals surface area contributed by atoms with Crippen molar-refractivity contribution in [2.75, 3.05) is 0 Å². The van der Waals surface area contributed by atoms with E-state index in [1.165, 1.54) is 11.8 Å². The largest absolute Gasteiger partial charge is 0.457 e. The van der Waals surface area contributed by atoms with Gasteiger partial charge in [-0.05, 0) is 49.2 Å². The number of para-hydroxylation sites is 1. The molecule has 0 saturated heterocycles. The lowest BCUT2D eigenvalue weighted by Gasteiger charge is -2.10. The minimum absolute atomic E-state index is 0.649. The fourth-order valence-electron chi connectivity index (χ4n) is 1.75. The number of hydrogen-bond donors (Lipinski definition) is 2. The van der Waals surface area contributed by atoms with Gasteiger partial charge in [0.15, 0.2) is 0 Å². The number of primary amides is 1. The molecule has 0 fully saturated rings. The number of rotatable bonds is 4. The van der Waals surface area contributed by atoms with Crippen LogP contribution in [0.1, 0.15) is 16.7 Å². The van der Waals surface area contributed by atoms with E-state index >= 15 is 0 Å². The highest BCUT2D eigenvalue weighted by Crippen LogP contribution is 2.25. The Balaban J connectivity index is 2.21. The summed E-state index contributed by atoms with van der Waals surface area (Å²) in [6.45, 7) is 4.08. The van der Waals surface area contributed by atoms with Crippen LogP contribution >= 0.6 is 0 Å². The molecule has 5 nitrogen and oxygen atoms in total. The molecule has 0 aliphatic heterocycles. The number of carbonyl (C=O) groups is 1. The van der Waals surface area contributed by atoms with Crippen LogP contribution in [-0.4, -0.2) is 12.2 Å². The van der Waals surface area contributed by atoms with Crippen molar-refractivity contribution in [2.24, 2.45) is 10.8 Å². The summed E-state index contributed by atoms with van der Waals surface area (Å²) < 4.78 is 5.87. The first-order valence-corrected chi connectivity index (χ1v) is 6.49. The summed E-state index contributed by atoms with van der Waals surface area (Å²) in [4.78, 5) is 10.6. The maximum absolute atomic E-state index is 10.6.